The van der Waals surface area contributed by atoms with E-state index in [1.54, 1.807) is 83.3 Å². The first-order valence-electron chi connectivity index (χ1n) is 19.4. The summed E-state index contributed by atoms with van der Waals surface area (Å²) in [6.07, 6.45) is -0.341. The number of phenolic OH excluding ortho intramolecular Hbond substituents is 2. The van der Waals surface area contributed by atoms with Gasteiger partial charge in [0.1, 0.15) is 41.4 Å². The van der Waals surface area contributed by atoms with Crippen LogP contribution >= 0.6 is 0 Å². The molecule has 316 valence electrons. The van der Waals surface area contributed by atoms with E-state index in [2.05, 4.69) is 5.32 Å². The number of nitrogens with zero attached hydrogens (tertiary/aromatic N) is 3. The molecule has 3 N–H and O–H groups in total. The zero-order valence-corrected chi connectivity index (χ0v) is 35.3. The lowest BCUT2D eigenvalue weighted by Crippen LogP contribution is -2.59. The average molecular weight is 805 g/mol. The molecule has 0 aliphatic heterocycles. The van der Waals surface area contributed by atoms with Gasteiger partial charge in [0.05, 0.1) is 14.2 Å². The first-order chi connectivity index (χ1) is 27.4. The number of benzene rings is 3. The second-order valence-corrected chi connectivity index (χ2v) is 15.2. The Morgan fingerprint density at radius 3 is 1.52 bits per heavy atom. The van der Waals surface area contributed by atoms with E-state index in [1.807, 2.05) is 19.1 Å². The number of rotatable bonds is 20. The highest BCUT2D eigenvalue weighted by Gasteiger charge is 2.40. The minimum atomic E-state index is -1.23. The van der Waals surface area contributed by atoms with Crippen LogP contribution in [-0.4, -0.2) is 127 Å². The normalized spacial score (nSPS) is 14.3. The fourth-order valence-electron chi connectivity index (χ4n) is 6.43. The molecular formula is C44H60N4O10. The maximum Gasteiger partial charge on any atom is 0.328 e. The van der Waals surface area contributed by atoms with Crippen molar-refractivity contribution < 1.29 is 48.4 Å². The van der Waals surface area contributed by atoms with Gasteiger partial charge in [0.15, 0.2) is 6.10 Å². The van der Waals surface area contributed by atoms with E-state index in [4.69, 9.17) is 14.2 Å². The minimum Gasteiger partial charge on any atom is -0.508 e. The van der Waals surface area contributed by atoms with Crippen LogP contribution in [0.15, 0.2) is 72.8 Å². The lowest BCUT2D eigenvalue weighted by Gasteiger charge is -2.36. The van der Waals surface area contributed by atoms with Gasteiger partial charge in [-0.3, -0.25) is 24.1 Å². The summed E-state index contributed by atoms with van der Waals surface area (Å²) in [6, 6.07) is 15.6. The molecule has 0 spiro atoms. The Morgan fingerprint density at radius 1 is 0.638 bits per heavy atom. The summed E-state index contributed by atoms with van der Waals surface area (Å²) in [6.45, 7) is 7.18. The Labute approximate surface area is 342 Å². The van der Waals surface area contributed by atoms with Crippen molar-refractivity contribution in [2.45, 2.75) is 83.6 Å². The third-order valence-corrected chi connectivity index (χ3v) is 10.5. The molecule has 3 amide bonds. The molecule has 0 fully saturated rings. The van der Waals surface area contributed by atoms with E-state index in [1.165, 1.54) is 55.3 Å². The van der Waals surface area contributed by atoms with Crippen molar-refractivity contribution in [1.82, 2.24) is 20.0 Å². The Balaban J connectivity index is 1.92. The van der Waals surface area contributed by atoms with Crippen LogP contribution in [-0.2, 0) is 52.7 Å². The van der Waals surface area contributed by atoms with Gasteiger partial charge < -0.3 is 39.5 Å². The fourth-order valence-corrected chi connectivity index (χ4v) is 6.43. The maximum atomic E-state index is 14.5. The molecule has 0 radical (unpaired) electrons. The quantitative estimate of drug-likeness (QED) is 0.141. The third kappa shape index (κ3) is 12.7. The highest BCUT2D eigenvalue weighted by atomic mass is 16.6. The Morgan fingerprint density at radius 2 is 1.09 bits per heavy atom. The molecule has 3 aromatic rings. The number of carbonyl (C=O) groups excluding carboxylic acids is 5. The van der Waals surface area contributed by atoms with E-state index in [-0.39, 0.29) is 24.3 Å². The molecule has 0 aliphatic carbocycles. The number of methoxy groups -OCH3 is 2. The van der Waals surface area contributed by atoms with Gasteiger partial charge in [-0.05, 0) is 85.9 Å². The van der Waals surface area contributed by atoms with Crippen molar-refractivity contribution in [2.75, 3.05) is 42.4 Å². The molecule has 0 aliphatic rings. The van der Waals surface area contributed by atoms with E-state index in [0.717, 1.165) is 5.56 Å². The molecule has 6 atom stereocenters. The van der Waals surface area contributed by atoms with Crippen molar-refractivity contribution in [3.05, 3.63) is 89.5 Å². The molecule has 0 unspecified atom stereocenters. The molecule has 3 aromatic carbocycles. The van der Waals surface area contributed by atoms with Crippen LogP contribution in [0.5, 0.6) is 17.2 Å². The summed E-state index contributed by atoms with van der Waals surface area (Å²) in [4.78, 5) is 74.2. The Bertz CT molecular complexity index is 1820. The number of carbonyl (C=O) groups is 5. The second-order valence-electron chi connectivity index (χ2n) is 15.2. The van der Waals surface area contributed by atoms with Crippen LogP contribution in [0.25, 0.3) is 0 Å². The number of likely N-dealkylation sites (N-methyl/N-ethyl adjacent to an activating group) is 3. The van der Waals surface area contributed by atoms with Crippen LogP contribution in [0.2, 0.25) is 0 Å². The number of hydrogen-bond donors (Lipinski definition) is 3. The number of hydrogen-bond acceptors (Lipinski definition) is 11. The van der Waals surface area contributed by atoms with Crippen molar-refractivity contribution in [3.8, 4) is 17.2 Å². The predicted octanol–water partition coefficient (Wildman–Crippen LogP) is 3.99. The summed E-state index contributed by atoms with van der Waals surface area (Å²) in [5.41, 5.74) is 2.15. The monoisotopic (exact) mass is 804 g/mol. The molecular weight excluding hydrogens is 745 g/mol. The first-order valence-corrected chi connectivity index (χ1v) is 19.4. The van der Waals surface area contributed by atoms with Gasteiger partial charge >= 0.3 is 11.9 Å². The molecule has 0 heterocycles. The predicted molar refractivity (Wildman–Crippen MR) is 219 cm³/mol. The van der Waals surface area contributed by atoms with Crippen molar-refractivity contribution in [3.63, 3.8) is 0 Å². The molecule has 14 nitrogen and oxygen atoms in total. The number of nitrogens with one attached hydrogen (secondary N) is 1. The summed E-state index contributed by atoms with van der Waals surface area (Å²) in [7, 11) is 9.21. The first kappa shape index (κ1) is 46.8. The lowest BCUT2D eigenvalue weighted by molar-refractivity contribution is -0.164. The lowest BCUT2D eigenvalue weighted by atomic mass is 9.96. The SMILES string of the molecule is CC[C@@H](C)[C@@H](OC(=O)[C@H](Cc1ccc(OC)cc1)N(C)C)C(=O)N[C@@H](C(=O)N(C)[C@@H](Cc1ccc(O)cc1)C(=O)N(C)[C@@H](Cc1ccc(O)cc1)C(=O)OC)C(C)C. The largest absolute Gasteiger partial charge is 0.508 e. The molecule has 0 saturated carbocycles. The average Bonchev–Trinajstić information content (AvgIpc) is 3.21. The van der Waals surface area contributed by atoms with E-state index >= 15 is 0 Å². The molecule has 58 heavy (non-hydrogen) atoms. The second kappa shape index (κ2) is 21.8. The van der Waals surface area contributed by atoms with Crippen molar-refractivity contribution in [1.29, 1.82) is 0 Å². The third-order valence-electron chi connectivity index (χ3n) is 10.5. The molecule has 0 aromatic heterocycles. The van der Waals surface area contributed by atoms with Crippen molar-refractivity contribution in [2.24, 2.45) is 11.8 Å². The van der Waals surface area contributed by atoms with E-state index < -0.39 is 71.8 Å². The van der Waals surface area contributed by atoms with Gasteiger partial charge in [-0.25, -0.2) is 4.79 Å². The Kier molecular flexibility index (Phi) is 17.5. The molecule has 0 bridgehead atoms. The van der Waals surface area contributed by atoms with Crippen molar-refractivity contribution >= 4 is 29.7 Å². The number of esters is 2. The number of amides is 3. The minimum absolute atomic E-state index is 0.00475. The highest BCUT2D eigenvalue weighted by molar-refractivity contribution is 5.95. The van der Waals surface area contributed by atoms with Gasteiger partial charge in [-0.15, -0.1) is 0 Å². The highest BCUT2D eigenvalue weighted by Crippen LogP contribution is 2.22. The van der Waals surface area contributed by atoms with Gasteiger partial charge in [0, 0.05) is 32.9 Å². The summed E-state index contributed by atoms with van der Waals surface area (Å²) < 4.78 is 16.3. The van der Waals surface area contributed by atoms with Crippen LogP contribution < -0.4 is 10.1 Å². The molecule has 14 heteroatoms. The van der Waals surface area contributed by atoms with Crippen LogP contribution in [0.4, 0.5) is 0 Å². The van der Waals surface area contributed by atoms with Crippen LogP contribution in [0.1, 0.15) is 50.8 Å². The zero-order valence-electron chi connectivity index (χ0n) is 35.3. The van der Waals surface area contributed by atoms with E-state index in [9.17, 15) is 34.2 Å². The Hall–Kier alpha value is -5.63. The summed E-state index contributed by atoms with van der Waals surface area (Å²) in [5.74, 6) is -3.22. The maximum absolute atomic E-state index is 14.5. The van der Waals surface area contributed by atoms with Crippen LogP contribution in [0.3, 0.4) is 0 Å². The smallest absolute Gasteiger partial charge is 0.328 e. The van der Waals surface area contributed by atoms with Crippen LogP contribution in [0, 0.1) is 11.8 Å². The molecule has 3 rings (SSSR count). The van der Waals surface area contributed by atoms with E-state index in [0.29, 0.717) is 29.7 Å². The fraction of sp³-hybridized carbons (Fsp3) is 0.477. The van der Waals surface area contributed by atoms with Gasteiger partial charge in [0.2, 0.25) is 11.8 Å². The van der Waals surface area contributed by atoms with Gasteiger partial charge in [-0.2, -0.15) is 0 Å². The van der Waals surface area contributed by atoms with Gasteiger partial charge in [0.25, 0.3) is 5.91 Å². The van der Waals surface area contributed by atoms with Gasteiger partial charge in [-0.1, -0.05) is 64.1 Å². The standard InChI is InChI=1S/C44H60N4O10/c1-11-28(4)39(58-44(55)36(46(5)6)25-31-16-22-34(56-9)23-17-31)40(51)45-38(27(2)3)42(53)47(7)35(24-29-12-18-32(49)19-13-29)41(52)48(8)37(43(54)57-10)26-30-14-20-33(50)21-15-30/h12-23,27-28,35-39,49-50H,11,24-26H2,1-10H3,(H,45,51)/t28-,35+,36+,37+,38-,39-/m1/s1. The number of phenols is 2. The zero-order chi connectivity index (χ0) is 43.3. The number of aromatic hydroxyl groups is 2. The topological polar surface area (TPSA) is 175 Å². The molecule has 0 saturated heterocycles. The summed E-state index contributed by atoms with van der Waals surface area (Å²) >= 11 is 0. The number of ether oxygens (including phenoxy) is 3. The summed E-state index contributed by atoms with van der Waals surface area (Å²) in [5, 5.41) is 22.6.